The van der Waals surface area contributed by atoms with Crippen LogP contribution in [-0.2, 0) is 21.4 Å². The van der Waals surface area contributed by atoms with Gasteiger partial charge in [0.2, 0.25) is 11.8 Å². The topological polar surface area (TPSA) is 224 Å². The third kappa shape index (κ3) is 12.7. The standard InChI is InChI=1S/C67H79F2N13O8/c1-9-49-52(68)17-14-44-30-47(83)31-50(58(44)49)60-59(69)61-51(34-70-60)62(80-36-45-15-16-46(37-80)82(45)66(87)89-67(5,6)7)74-65(73-61)88-29-28-77-22-19-41(20-23-77)35-78-24-26-79(27-25-78)56-33-55(90-75-56)57(39(2)3)64(86)81-38-48(84)32-54(81)63(85)72-40(4)42-10-12-43(13-11-42)53-18-21-71-76(53)8/h1,10-14,17-18,21,30-31,33-34,39-41,45-46,48,54,57,83-84H,15-16,19-20,22-29,32,35-38H2,2-8H3,(H,72,85)/t40?,45?,46?,48-,54+,57?/m1/s1. The number of aliphatic hydroxyl groups is 1. The van der Waals surface area contributed by atoms with E-state index in [4.69, 9.17) is 25.4 Å². The number of aliphatic hydroxyl groups excluding tert-OH is 1. The molecule has 5 fully saturated rings. The van der Waals surface area contributed by atoms with Crippen LogP contribution in [0.3, 0.4) is 0 Å². The molecule has 0 spiro atoms. The Balaban J connectivity index is 0.655. The number of β-amino-alcohol motifs (C(OH)–C–C–N with tert-alkyl or cyclic N) is 1. The number of nitrogens with zero attached hydrogens (tertiary/aromatic N) is 12. The quantitative estimate of drug-likeness (QED) is 0.0774. The van der Waals surface area contributed by atoms with Crippen molar-refractivity contribution in [2.75, 3.05) is 88.4 Å². The number of terminal acetylenes is 1. The van der Waals surface area contributed by atoms with Gasteiger partial charge in [0.25, 0.3) is 0 Å². The molecule has 21 nitrogen and oxygen atoms in total. The summed E-state index contributed by atoms with van der Waals surface area (Å²) < 4.78 is 52.4. The van der Waals surface area contributed by atoms with Crippen LogP contribution >= 0.6 is 0 Å². The van der Waals surface area contributed by atoms with E-state index >= 15 is 8.78 Å². The van der Waals surface area contributed by atoms with Crippen molar-refractivity contribution in [1.29, 1.82) is 0 Å². The fraction of sp³-hybridized carbons (Fsp3) is 0.493. The van der Waals surface area contributed by atoms with E-state index in [1.807, 2.05) is 94.8 Å². The van der Waals surface area contributed by atoms with Gasteiger partial charge >= 0.3 is 12.1 Å². The van der Waals surface area contributed by atoms with Gasteiger partial charge in [-0.3, -0.25) is 34.0 Å². The van der Waals surface area contributed by atoms with Crippen LogP contribution in [0.2, 0.25) is 0 Å². The maximum Gasteiger partial charge on any atom is 0.410 e. The average molecular weight is 1230 g/mol. The maximum atomic E-state index is 17.4. The number of piperazine rings is 2. The van der Waals surface area contributed by atoms with E-state index in [0.29, 0.717) is 53.7 Å². The van der Waals surface area contributed by atoms with Crippen molar-refractivity contribution in [2.24, 2.45) is 18.9 Å². The Morgan fingerprint density at radius 3 is 2.30 bits per heavy atom. The summed E-state index contributed by atoms with van der Waals surface area (Å²) in [5, 5.41) is 34.4. The van der Waals surface area contributed by atoms with Gasteiger partial charge in [0.1, 0.15) is 52.8 Å². The van der Waals surface area contributed by atoms with Crippen molar-refractivity contribution in [3.63, 3.8) is 0 Å². The molecule has 12 rings (SSSR count). The number of likely N-dealkylation sites (tertiary alicyclic amines) is 2. The number of rotatable bonds is 16. The number of pyridine rings is 1. The number of carbonyl (C=O) groups is 3. The molecule has 4 aromatic heterocycles. The second-order valence-corrected chi connectivity index (χ2v) is 26.2. The molecule has 3 N–H and O–H groups in total. The number of ether oxygens (including phenoxy) is 2. The number of benzene rings is 3. The Morgan fingerprint density at radius 1 is 0.889 bits per heavy atom. The smallest absolute Gasteiger partial charge is 0.410 e. The Kier molecular flexibility index (Phi) is 17.5. The highest BCUT2D eigenvalue weighted by Crippen LogP contribution is 2.41. The van der Waals surface area contributed by atoms with E-state index in [9.17, 15) is 24.6 Å². The molecule has 0 radical (unpaired) electrons. The van der Waals surface area contributed by atoms with Gasteiger partial charge in [-0.2, -0.15) is 15.1 Å². The molecule has 0 saturated carbocycles. The molecule has 4 unspecified atom stereocenters. The van der Waals surface area contributed by atoms with Gasteiger partial charge in [-0.15, -0.1) is 6.42 Å². The van der Waals surface area contributed by atoms with Crippen molar-refractivity contribution in [3.8, 4) is 46.6 Å². The van der Waals surface area contributed by atoms with E-state index in [1.165, 1.54) is 35.4 Å². The van der Waals surface area contributed by atoms with Crippen molar-refractivity contribution in [1.82, 2.24) is 54.8 Å². The zero-order valence-electron chi connectivity index (χ0n) is 52.1. The van der Waals surface area contributed by atoms with Crippen LogP contribution < -0.4 is 19.9 Å². The molecule has 6 atom stereocenters. The number of piperidine rings is 1. The van der Waals surface area contributed by atoms with Crippen LogP contribution in [0.4, 0.5) is 25.2 Å². The fourth-order valence-corrected chi connectivity index (χ4v) is 13.9. The molecule has 9 heterocycles. The zero-order chi connectivity index (χ0) is 63.3. The lowest BCUT2D eigenvalue weighted by Crippen LogP contribution is -2.57. The Labute approximate surface area is 522 Å². The van der Waals surface area contributed by atoms with E-state index in [1.54, 1.807) is 10.9 Å². The number of halogens is 2. The van der Waals surface area contributed by atoms with Crippen molar-refractivity contribution >= 4 is 51.2 Å². The van der Waals surface area contributed by atoms with Crippen molar-refractivity contribution in [3.05, 3.63) is 102 Å². The maximum absolute atomic E-state index is 17.4. The molecule has 2 bridgehead atoms. The number of aromatic nitrogens is 6. The summed E-state index contributed by atoms with van der Waals surface area (Å²) in [6, 6.07) is 15.6. The molecular formula is C67H79F2N13O8. The van der Waals surface area contributed by atoms with E-state index in [-0.39, 0.29) is 101 Å². The number of phenolic OH excluding ortho intramolecular Hbond substituents is 1. The van der Waals surface area contributed by atoms with Crippen LogP contribution in [0.25, 0.3) is 44.2 Å². The summed E-state index contributed by atoms with van der Waals surface area (Å²) in [5.41, 5.74) is 1.99. The zero-order valence-corrected chi connectivity index (χ0v) is 52.1. The summed E-state index contributed by atoms with van der Waals surface area (Å²) in [7, 11) is 1.89. The first kappa shape index (κ1) is 61.8. The van der Waals surface area contributed by atoms with Gasteiger partial charge in [-0.1, -0.05) is 55.3 Å². The van der Waals surface area contributed by atoms with Crippen molar-refractivity contribution < 1.29 is 47.4 Å². The van der Waals surface area contributed by atoms with Crippen LogP contribution in [0.5, 0.6) is 11.8 Å². The third-order valence-corrected chi connectivity index (χ3v) is 18.5. The molecular weight excluding hydrogens is 1150 g/mol. The monoisotopic (exact) mass is 1230 g/mol. The molecule has 5 aliphatic heterocycles. The second kappa shape index (κ2) is 25.4. The highest BCUT2D eigenvalue weighted by atomic mass is 19.1. The highest BCUT2D eigenvalue weighted by molar-refractivity contribution is 6.03. The summed E-state index contributed by atoms with van der Waals surface area (Å²) in [6.07, 6.45) is 11.5. The number of nitrogens with one attached hydrogen (secondary N) is 1. The number of phenols is 1. The average Bonchev–Trinajstić information content (AvgIpc) is 1.01. The van der Waals surface area contributed by atoms with Gasteiger partial charge in [0.15, 0.2) is 17.4 Å². The number of hydrogen-bond acceptors (Lipinski definition) is 17. The number of amides is 3. The van der Waals surface area contributed by atoms with Gasteiger partial charge in [-0.05, 0) is 119 Å². The Hall–Kier alpha value is -8.46. The summed E-state index contributed by atoms with van der Waals surface area (Å²) in [6.45, 7) is 18.8. The Morgan fingerprint density at radius 2 is 1.62 bits per heavy atom. The number of anilines is 2. The van der Waals surface area contributed by atoms with Crippen LogP contribution in [-0.4, -0.2) is 186 Å². The lowest BCUT2D eigenvalue weighted by atomic mass is 9.91. The Bertz CT molecular complexity index is 3830. The molecule has 23 heteroatoms. The molecule has 5 aliphatic rings. The normalized spacial score (nSPS) is 20.9. The number of aromatic hydroxyl groups is 1. The second-order valence-electron chi connectivity index (χ2n) is 26.2. The minimum atomic E-state index is -0.846. The van der Waals surface area contributed by atoms with Crippen LogP contribution in [0, 0.1) is 35.8 Å². The molecule has 3 amide bonds. The number of aryl methyl sites for hydroxylation is 1. The van der Waals surface area contributed by atoms with Crippen molar-refractivity contribution in [2.45, 2.75) is 115 Å². The van der Waals surface area contributed by atoms with Gasteiger partial charge in [0.05, 0.1) is 40.9 Å². The molecule has 3 aromatic carbocycles. The molecule has 474 valence electrons. The fourth-order valence-electron chi connectivity index (χ4n) is 13.9. The van der Waals surface area contributed by atoms with Gasteiger partial charge < -0.3 is 44.2 Å². The largest absolute Gasteiger partial charge is 0.508 e. The predicted octanol–water partition coefficient (Wildman–Crippen LogP) is 8.28. The first-order chi connectivity index (χ1) is 43.2. The minimum absolute atomic E-state index is 0.0280. The van der Waals surface area contributed by atoms with E-state index in [0.717, 1.165) is 88.3 Å². The summed E-state index contributed by atoms with van der Waals surface area (Å²) in [5.74, 6) is 1.24. The summed E-state index contributed by atoms with van der Waals surface area (Å²) >= 11 is 0. The SMILES string of the molecule is C#Cc1c(F)ccc2cc(O)cc(-c3ncc4c(N5CC6CCC(C5)N6C(=O)OC(C)(C)C)nc(OCCN5CCC(CN6CCN(c7cc(C(C(=O)N8C[C@H](O)C[C@H]8C(=O)NC(C)c8ccc(-c9ccnn9C)cc8)C(C)C)on7)CC6)CC5)nc4c3F)c12. The number of fused-ring (bicyclic) bond motifs is 4. The number of hydrogen-bond donors (Lipinski definition) is 3. The molecule has 5 saturated heterocycles. The predicted molar refractivity (Wildman–Crippen MR) is 336 cm³/mol. The molecule has 7 aromatic rings. The minimum Gasteiger partial charge on any atom is -0.508 e. The van der Waals surface area contributed by atoms with E-state index < -0.39 is 35.3 Å². The summed E-state index contributed by atoms with van der Waals surface area (Å²) in [4.78, 5) is 68.4. The molecule has 90 heavy (non-hydrogen) atoms. The first-order valence-corrected chi connectivity index (χ1v) is 31.4. The highest BCUT2D eigenvalue weighted by Gasteiger charge is 2.46. The van der Waals surface area contributed by atoms with E-state index in [2.05, 4.69) is 46.2 Å². The lowest BCUT2D eigenvalue weighted by Gasteiger charge is -2.42. The first-order valence-electron chi connectivity index (χ1n) is 31.4. The van der Waals surface area contributed by atoms with Crippen LogP contribution in [0.15, 0.2) is 77.6 Å². The van der Waals surface area contributed by atoms with Crippen LogP contribution in [0.1, 0.15) is 102 Å². The molecule has 0 aliphatic carbocycles. The third-order valence-electron chi connectivity index (χ3n) is 18.5. The number of carbonyl (C=O) groups excluding carboxylic acids is 3. The van der Waals surface area contributed by atoms with Gasteiger partial charge in [-0.25, -0.2) is 13.6 Å². The van der Waals surface area contributed by atoms with Gasteiger partial charge in [0, 0.05) is 102 Å². The lowest BCUT2D eigenvalue weighted by molar-refractivity contribution is -0.141.